The van der Waals surface area contributed by atoms with Crippen molar-refractivity contribution < 1.29 is 42.0 Å². The summed E-state index contributed by atoms with van der Waals surface area (Å²) in [5, 5.41) is 5.68. The topological polar surface area (TPSA) is 152 Å². The molecule has 1 aromatic carbocycles. The quantitative estimate of drug-likeness (QED) is 0.0567. The lowest BCUT2D eigenvalue weighted by atomic mass is 9.99. The van der Waals surface area contributed by atoms with Gasteiger partial charge in [0, 0.05) is 22.6 Å². The predicted molar refractivity (Wildman–Crippen MR) is 219 cm³/mol. The minimum Gasteiger partial charge on any atom is -0.539 e. The van der Waals surface area contributed by atoms with Gasteiger partial charge in [0.25, 0.3) is 24.0 Å². The number of alkyl carbamates (subject to hydrolysis) is 1. The molecule has 3 amide bonds. The largest absolute Gasteiger partial charge is 0.539 e. The maximum Gasteiger partial charge on any atom is 0.415 e. The van der Waals surface area contributed by atoms with Crippen molar-refractivity contribution in [3.05, 3.63) is 53.7 Å². The maximum atomic E-state index is 14.0. The van der Waals surface area contributed by atoms with Crippen molar-refractivity contribution in [1.82, 2.24) is 19.8 Å². The van der Waals surface area contributed by atoms with Gasteiger partial charge in [0.15, 0.2) is 23.1 Å². The Balaban J connectivity index is 2.83. The average Bonchev–Trinajstić information content (AvgIpc) is 3.54. The molecule has 0 spiro atoms. The van der Waals surface area contributed by atoms with E-state index in [2.05, 4.69) is 110 Å². The molecule has 1 heterocycles. The Morgan fingerprint density at radius 3 is 1.96 bits per heavy atom. The van der Waals surface area contributed by atoms with E-state index in [-0.39, 0.29) is 52.2 Å². The molecule has 0 bridgehead atoms. The highest BCUT2D eigenvalue weighted by Crippen LogP contribution is 2.51. The van der Waals surface area contributed by atoms with Gasteiger partial charge in [-0.15, -0.1) is 0 Å². The SMILES string of the molecule is C=CCOC(=O)NC(=O)N(S)C(CSCc1c(O[Si](C)C(C)(C)C(C)C)c(O[Si](C)C(C)(C)C(C)C)c(OC)c(C)c1C(=O)OCC=C)c1nc(C)no1. The number of hydrogen-bond donors (Lipinski definition) is 2. The summed E-state index contributed by atoms with van der Waals surface area (Å²) in [4.78, 5) is 43.6. The van der Waals surface area contributed by atoms with Crippen molar-refractivity contribution in [2.75, 3.05) is 26.1 Å². The summed E-state index contributed by atoms with van der Waals surface area (Å²) in [5.74, 6) is 2.05. The van der Waals surface area contributed by atoms with Gasteiger partial charge in [-0.2, -0.15) is 16.7 Å². The minimum absolute atomic E-state index is 0.00690. The molecule has 2 rings (SSSR count). The zero-order valence-electron chi connectivity index (χ0n) is 34.0. The number of urea groups is 1. The second-order valence-electron chi connectivity index (χ2n) is 14.5. The van der Waals surface area contributed by atoms with Crippen LogP contribution in [0, 0.1) is 25.7 Å². The first-order valence-corrected chi connectivity index (χ1v) is 23.0. The normalized spacial score (nSPS) is 12.5. The number of carbonyl (C=O) groups excluding carboxylic acids is 3. The fourth-order valence-electron chi connectivity index (χ4n) is 4.74. The first kappa shape index (κ1) is 46.7. The molecule has 1 N–H and O–H groups in total. The first-order valence-electron chi connectivity index (χ1n) is 17.7. The van der Waals surface area contributed by atoms with Crippen LogP contribution in [0.4, 0.5) is 9.59 Å². The molecule has 0 aliphatic rings. The molecule has 0 aliphatic heterocycles. The molecule has 2 radical (unpaired) electrons. The van der Waals surface area contributed by atoms with Crippen LogP contribution in [-0.2, 0) is 15.2 Å². The van der Waals surface area contributed by atoms with E-state index >= 15 is 0 Å². The van der Waals surface area contributed by atoms with Crippen molar-refractivity contribution in [1.29, 1.82) is 0 Å². The Morgan fingerprint density at radius 1 is 0.944 bits per heavy atom. The van der Waals surface area contributed by atoms with Crippen LogP contribution >= 0.6 is 24.6 Å². The number of carbonyl (C=O) groups is 3. The lowest BCUT2D eigenvalue weighted by molar-refractivity contribution is 0.0547. The summed E-state index contributed by atoms with van der Waals surface area (Å²) >= 11 is 5.78. The molecule has 0 saturated carbocycles. The van der Waals surface area contributed by atoms with E-state index in [1.807, 2.05) is 0 Å². The lowest BCUT2D eigenvalue weighted by Crippen LogP contribution is -2.41. The van der Waals surface area contributed by atoms with E-state index in [1.54, 1.807) is 21.0 Å². The summed E-state index contributed by atoms with van der Waals surface area (Å²) in [6.07, 6.45) is 1.90. The second-order valence-corrected chi connectivity index (χ2v) is 21.2. The average molecular weight is 823 g/mol. The third-order valence-corrected chi connectivity index (χ3v) is 17.4. The standard InChI is InChI=1S/C37H58N4O9S2Si2/c1-16-18-46-33(42)28-24(7)29(45-13)31(50-54(15)37(11,12)23(5)6)30(49-53(14)36(9,10)22(3)4)26(28)20-52-21-27(32-38-25(8)40-48-32)41(51)34(43)39-35(44)47-19-17-2/h16-17,22-23,27,51H,1-2,18-21H2,3-15H3,(H,39,43,44). The summed E-state index contributed by atoms with van der Waals surface area (Å²) in [7, 11) is -1.63. The molecular weight excluding hydrogens is 765 g/mol. The zero-order valence-corrected chi connectivity index (χ0v) is 37.7. The number of nitrogens with one attached hydrogen (secondary N) is 1. The monoisotopic (exact) mass is 822 g/mol. The van der Waals surface area contributed by atoms with Gasteiger partial charge in [-0.05, 0) is 48.9 Å². The van der Waals surface area contributed by atoms with E-state index in [0.29, 0.717) is 40.1 Å². The van der Waals surface area contributed by atoms with Crippen LogP contribution in [0.15, 0.2) is 29.8 Å². The van der Waals surface area contributed by atoms with Crippen molar-refractivity contribution in [3.8, 4) is 17.2 Å². The van der Waals surface area contributed by atoms with E-state index in [9.17, 15) is 14.4 Å². The van der Waals surface area contributed by atoms with Gasteiger partial charge in [-0.3, -0.25) is 4.31 Å². The van der Waals surface area contributed by atoms with Crippen molar-refractivity contribution in [3.63, 3.8) is 0 Å². The van der Waals surface area contributed by atoms with Crippen molar-refractivity contribution in [2.45, 2.75) is 104 Å². The number of nitrogens with zero attached hydrogens (tertiary/aromatic N) is 3. The number of rotatable bonds is 20. The number of amides is 3. The summed E-state index contributed by atoms with van der Waals surface area (Å²) in [6.45, 7) is 32.2. The molecule has 17 heteroatoms. The highest BCUT2D eigenvalue weighted by atomic mass is 32.2. The number of aromatic nitrogens is 2. The minimum atomic E-state index is -1.62. The Bertz CT molecular complexity index is 1630. The van der Waals surface area contributed by atoms with Crippen LogP contribution in [0.25, 0.3) is 0 Å². The van der Waals surface area contributed by atoms with Gasteiger partial charge in [0.05, 0.1) is 12.7 Å². The molecule has 0 fully saturated rings. The number of benzene rings is 1. The lowest BCUT2D eigenvalue weighted by Gasteiger charge is -2.37. The third-order valence-electron chi connectivity index (χ3n) is 10.1. The van der Waals surface area contributed by atoms with Gasteiger partial charge >= 0.3 is 18.1 Å². The molecular formula is C37H58N4O9S2Si2. The fourth-order valence-corrected chi connectivity index (χ4v) is 9.36. The van der Waals surface area contributed by atoms with Gasteiger partial charge in [-0.25, -0.2) is 19.7 Å². The predicted octanol–water partition coefficient (Wildman–Crippen LogP) is 9.06. The van der Waals surface area contributed by atoms with Crippen LogP contribution in [0.2, 0.25) is 23.2 Å². The molecule has 13 nitrogen and oxygen atoms in total. The van der Waals surface area contributed by atoms with Gasteiger partial charge < -0.3 is 27.6 Å². The summed E-state index contributed by atoms with van der Waals surface area (Å²) < 4.78 is 37.1. The van der Waals surface area contributed by atoms with E-state index in [4.69, 9.17) is 27.6 Å². The molecule has 300 valence electrons. The Morgan fingerprint density at radius 2 is 1.48 bits per heavy atom. The van der Waals surface area contributed by atoms with Gasteiger partial charge in [0.2, 0.25) is 0 Å². The van der Waals surface area contributed by atoms with E-state index in [1.165, 1.54) is 23.9 Å². The van der Waals surface area contributed by atoms with Crippen LogP contribution < -0.4 is 18.9 Å². The summed E-state index contributed by atoms with van der Waals surface area (Å²) in [6, 6.07) is -1.78. The number of thiol groups is 1. The Hall–Kier alpha value is -3.42. The molecule has 1 aromatic heterocycles. The molecule has 54 heavy (non-hydrogen) atoms. The molecule has 2 aromatic rings. The Kier molecular flexibility index (Phi) is 17.7. The number of ether oxygens (including phenoxy) is 3. The Labute approximate surface area is 334 Å². The highest BCUT2D eigenvalue weighted by molar-refractivity contribution is 7.98. The van der Waals surface area contributed by atoms with E-state index in [0.717, 1.165) is 4.31 Å². The van der Waals surface area contributed by atoms with Crippen LogP contribution in [0.3, 0.4) is 0 Å². The summed E-state index contributed by atoms with van der Waals surface area (Å²) in [5.41, 5.74) is 1.36. The molecule has 0 aliphatic carbocycles. The first-order chi connectivity index (χ1) is 25.2. The molecule has 1 atom stereocenters. The zero-order chi connectivity index (χ0) is 41.1. The van der Waals surface area contributed by atoms with Crippen LogP contribution in [0.1, 0.15) is 94.6 Å². The number of esters is 1. The maximum absolute atomic E-state index is 14.0. The number of hydrogen-bond acceptors (Lipinski definition) is 13. The second kappa shape index (κ2) is 20.5. The van der Waals surface area contributed by atoms with Crippen molar-refractivity contribution in [2.24, 2.45) is 11.8 Å². The van der Waals surface area contributed by atoms with Gasteiger partial charge in [0.1, 0.15) is 19.3 Å². The number of aryl methyl sites for hydroxylation is 1. The number of methoxy groups -OCH3 is 1. The number of thioether (sulfide) groups is 1. The van der Waals surface area contributed by atoms with E-state index < -0.39 is 42.2 Å². The van der Waals surface area contributed by atoms with Gasteiger partial charge in [-0.1, -0.05) is 98.7 Å². The van der Waals surface area contributed by atoms with Crippen LogP contribution in [0.5, 0.6) is 17.2 Å². The van der Waals surface area contributed by atoms with Crippen LogP contribution in [-0.4, -0.2) is 76.7 Å². The highest BCUT2D eigenvalue weighted by Gasteiger charge is 2.41. The fraction of sp³-hybridized carbons (Fsp3) is 0.595. The molecule has 1 unspecified atom stereocenters. The molecule has 0 saturated heterocycles. The van der Waals surface area contributed by atoms with Crippen molar-refractivity contribution >= 4 is 60.8 Å². The smallest absolute Gasteiger partial charge is 0.415 e. The number of imide groups is 1. The third kappa shape index (κ3) is 11.6.